The van der Waals surface area contributed by atoms with Crippen LogP contribution in [0.25, 0.3) is 0 Å². The standard InChI is InChI=1S/C18H32N2O3/c1-13(2)6-9-19-17(21)16-7-10-20(11-8-16)18(22)14(3)23-12-15-4-5-15/h13-16H,4-12H2,1-3H3,(H,19,21). The van der Waals surface area contributed by atoms with Crippen LogP contribution in [0, 0.1) is 17.8 Å². The summed E-state index contributed by atoms with van der Waals surface area (Å²) >= 11 is 0. The molecule has 0 spiro atoms. The molecular weight excluding hydrogens is 292 g/mol. The number of amides is 2. The van der Waals surface area contributed by atoms with Gasteiger partial charge in [0, 0.05) is 25.6 Å². The Morgan fingerprint density at radius 1 is 1.13 bits per heavy atom. The number of carbonyl (C=O) groups is 2. The summed E-state index contributed by atoms with van der Waals surface area (Å²) in [6, 6.07) is 0. The normalized spacial score (nSPS) is 20.6. The predicted molar refractivity (Wildman–Crippen MR) is 89.9 cm³/mol. The summed E-state index contributed by atoms with van der Waals surface area (Å²) in [7, 11) is 0. The second-order valence-corrected chi connectivity index (χ2v) is 7.49. The van der Waals surface area contributed by atoms with Crippen molar-refractivity contribution in [2.24, 2.45) is 17.8 Å². The van der Waals surface area contributed by atoms with Crippen molar-refractivity contribution in [3.63, 3.8) is 0 Å². The number of carbonyl (C=O) groups excluding carboxylic acids is 2. The first kappa shape index (κ1) is 18.2. The SMILES string of the molecule is CC(C)CCNC(=O)C1CCN(C(=O)C(C)OCC2CC2)CC1. The minimum Gasteiger partial charge on any atom is -0.368 e. The van der Waals surface area contributed by atoms with Gasteiger partial charge in [-0.05, 0) is 50.9 Å². The average Bonchev–Trinajstić information content (AvgIpc) is 3.36. The van der Waals surface area contributed by atoms with Crippen LogP contribution in [0.2, 0.25) is 0 Å². The van der Waals surface area contributed by atoms with Gasteiger partial charge in [0.25, 0.3) is 5.91 Å². The van der Waals surface area contributed by atoms with Gasteiger partial charge < -0.3 is 15.0 Å². The summed E-state index contributed by atoms with van der Waals surface area (Å²) in [4.78, 5) is 26.3. The molecule has 2 fully saturated rings. The molecule has 1 aliphatic carbocycles. The number of hydrogen-bond acceptors (Lipinski definition) is 3. The molecule has 1 saturated carbocycles. The molecule has 1 heterocycles. The maximum absolute atomic E-state index is 12.4. The highest BCUT2D eigenvalue weighted by atomic mass is 16.5. The van der Waals surface area contributed by atoms with Crippen molar-refractivity contribution in [3.8, 4) is 0 Å². The molecule has 1 saturated heterocycles. The van der Waals surface area contributed by atoms with E-state index in [1.165, 1.54) is 12.8 Å². The van der Waals surface area contributed by atoms with Gasteiger partial charge >= 0.3 is 0 Å². The molecule has 132 valence electrons. The van der Waals surface area contributed by atoms with Gasteiger partial charge in [0.15, 0.2) is 0 Å². The van der Waals surface area contributed by atoms with Crippen molar-refractivity contribution >= 4 is 11.8 Å². The third kappa shape index (κ3) is 6.13. The van der Waals surface area contributed by atoms with Crippen LogP contribution in [0.4, 0.5) is 0 Å². The third-order valence-corrected chi connectivity index (χ3v) is 4.82. The van der Waals surface area contributed by atoms with Crippen LogP contribution in [0.15, 0.2) is 0 Å². The van der Waals surface area contributed by atoms with E-state index in [2.05, 4.69) is 19.2 Å². The molecule has 23 heavy (non-hydrogen) atoms. The van der Waals surface area contributed by atoms with Crippen LogP contribution in [-0.2, 0) is 14.3 Å². The van der Waals surface area contributed by atoms with E-state index < -0.39 is 0 Å². The largest absolute Gasteiger partial charge is 0.368 e. The molecule has 2 rings (SSSR count). The highest BCUT2D eigenvalue weighted by molar-refractivity contribution is 5.82. The average molecular weight is 324 g/mol. The van der Waals surface area contributed by atoms with E-state index >= 15 is 0 Å². The first-order valence-electron chi connectivity index (χ1n) is 9.15. The Bertz CT molecular complexity index is 399. The quantitative estimate of drug-likeness (QED) is 0.745. The van der Waals surface area contributed by atoms with Crippen LogP contribution < -0.4 is 5.32 Å². The lowest BCUT2D eigenvalue weighted by Crippen LogP contribution is -2.46. The van der Waals surface area contributed by atoms with E-state index in [4.69, 9.17) is 4.74 Å². The Kier molecular flexibility index (Phi) is 6.88. The summed E-state index contributed by atoms with van der Waals surface area (Å²) in [5.41, 5.74) is 0. The van der Waals surface area contributed by atoms with Crippen molar-refractivity contribution in [1.29, 1.82) is 0 Å². The smallest absolute Gasteiger partial charge is 0.251 e. The highest BCUT2D eigenvalue weighted by Crippen LogP contribution is 2.29. The minimum atomic E-state index is -0.355. The van der Waals surface area contributed by atoms with Gasteiger partial charge in [-0.3, -0.25) is 9.59 Å². The highest BCUT2D eigenvalue weighted by Gasteiger charge is 2.30. The number of hydrogen-bond donors (Lipinski definition) is 1. The van der Waals surface area contributed by atoms with Gasteiger partial charge in [-0.2, -0.15) is 0 Å². The monoisotopic (exact) mass is 324 g/mol. The molecule has 2 aliphatic rings. The molecule has 1 N–H and O–H groups in total. The Balaban J connectivity index is 1.65. The van der Waals surface area contributed by atoms with Crippen molar-refractivity contribution in [3.05, 3.63) is 0 Å². The van der Waals surface area contributed by atoms with Crippen molar-refractivity contribution in [2.45, 2.75) is 59.0 Å². The summed E-state index contributed by atoms with van der Waals surface area (Å²) in [5, 5.41) is 3.02. The molecule has 1 aliphatic heterocycles. The van der Waals surface area contributed by atoms with Gasteiger partial charge in [0.2, 0.25) is 5.91 Å². The Labute approximate surface area is 140 Å². The molecule has 0 radical (unpaired) electrons. The molecule has 5 heteroatoms. The fourth-order valence-corrected chi connectivity index (χ4v) is 2.88. The second-order valence-electron chi connectivity index (χ2n) is 7.49. The molecule has 1 atom stereocenters. The van der Waals surface area contributed by atoms with E-state index in [9.17, 15) is 9.59 Å². The maximum Gasteiger partial charge on any atom is 0.251 e. The molecule has 0 aromatic heterocycles. The fraction of sp³-hybridized carbons (Fsp3) is 0.889. The first-order chi connectivity index (χ1) is 11.0. The molecule has 2 amide bonds. The third-order valence-electron chi connectivity index (χ3n) is 4.82. The fourth-order valence-electron chi connectivity index (χ4n) is 2.88. The van der Waals surface area contributed by atoms with Crippen LogP contribution in [-0.4, -0.2) is 49.1 Å². The summed E-state index contributed by atoms with van der Waals surface area (Å²) in [6.07, 6.45) is 4.64. The summed E-state index contributed by atoms with van der Waals surface area (Å²) in [6.45, 7) is 8.95. The Morgan fingerprint density at radius 3 is 2.35 bits per heavy atom. The molecular formula is C18H32N2O3. The van der Waals surface area contributed by atoms with E-state index in [0.29, 0.717) is 31.5 Å². The van der Waals surface area contributed by atoms with E-state index in [0.717, 1.165) is 25.8 Å². The van der Waals surface area contributed by atoms with E-state index in [-0.39, 0.29) is 23.8 Å². The lowest BCUT2D eigenvalue weighted by molar-refractivity contribution is -0.145. The van der Waals surface area contributed by atoms with Crippen LogP contribution in [0.5, 0.6) is 0 Å². The minimum absolute atomic E-state index is 0.0499. The zero-order valence-corrected chi connectivity index (χ0v) is 14.8. The van der Waals surface area contributed by atoms with Crippen molar-refractivity contribution in [2.75, 3.05) is 26.2 Å². The Morgan fingerprint density at radius 2 is 1.78 bits per heavy atom. The summed E-state index contributed by atoms with van der Waals surface area (Å²) < 4.78 is 5.66. The van der Waals surface area contributed by atoms with Gasteiger partial charge in [0.1, 0.15) is 6.10 Å². The number of nitrogens with one attached hydrogen (secondary N) is 1. The van der Waals surface area contributed by atoms with Crippen molar-refractivity contribution < 1.29 is 14.3 Å². The molecule has 1 unspecified atom stereocenters. The Hall–Kier alpha value is -1.10. The van der Waals surface area contributed by atoms with Crippen molar-refractivity contribution in [1.82, 2.24) is 10.2 Å². The maximum atomic E-state index is 12.4. The number of rotatable bonds is 8. The lowest BCUT2D eigenvalue weighted by Gasteiger charge is -2.33. The number of nitrogens with zero attached hydrogens (tertiary/aromatic N) is 1. The van der Waals surface area contributed by atoms with Gasteiger partial charge in [0.05, 0.1) is 6.61 Å². The predicted octanol–water partition coefficient (Wildman–Crippen LogP) is 2.20. The zero-order chi connectivity index (χ0) is 16.8. The van der Waals surface area contributed by atoms with Crippen LogP contribution >= 0.6 is 0 Å². The number of likely N-dealkylation sites (tertiary alicyclic amines) is 1. The summed E-state index contributed by atoms with van der Waals surface area (Å²) in [5.74, 6) is 1.55. The number of piperidine rings is 1. The molecule has 0 bridgehead atoms. The number of ether oxygens (including phenoxy) is 1. The first-order valence-corrected chi connectivity index (χ1v) is 9.15. The molecule has 0 aromatic carbocycles. The second kappa shape index (κ2) is 8.67. The van der Waals surface area contributed by atoms with Crippen LogP contribution in [0.1, 0.15) is 52.9 Å². The lowest BCUT2D eigenvalue weighted by atomic mass is 9.95. The van der Waals surface area contributed by atoms with E-state index in [1.807, 2.05) is 11.8 Å². The van der Waals surface area contributed by atoms with Gasteiger partial charge in [-0.15, -0.1) is 0 Å². The zero-order valence-electron chi connectivity index (χ0n) is 14.8. The molecule has 0 aromatic rings. The van der Waals surface area contributed by atoms with Gasteiger partial charge in [-0.1, -0.05) is 13.8 Å². The molecule has 5 nitrogen and oxygen atoms in total. The van der Waals surface area contributed by atoms with Crippen LogP contribution in [0.3, 0.4) is 0 Å². The topological polar surface area (TPSA) is 58.6 Å². The van der Waals surface area contributed by atoms with E-state index in [1.54, 1.807) is 0 Å². The van der Waals surface area contributed by atoms with Gasteiger partial charge in [-0.25, -0.2) is 0 Å².